The predicted octanol–water partition coefficient (Wildman–Crippen LogP) is 0.928. The third-order valence-corrected chi connectivity index (χ3v) is 2.38. The third kappa shape index (κ3) is 2.87. The number of benzene rings is 1. The zero-order valence-electron chi connectivity index (χ0n) is 9.40. The Kier molecular flexibility index (Phi) is 3.64. The number of aliphatic hydroxyl groups excluding tert-OH is 1. The van der Waals surface area contributed by atoms with Gasteiger partial charge in [-0.1, -0.05) is 6.07 Å². The van der Waals surface area contributed by atoms with Crippen LogP contribution in [0.5, 0.6) is 11.5 Å². The number of aliphatic hydroxyl groups is 1. The average Bonchev–Trinajstić information content (AvgIpc) is 2.28. The molecular formula is C12H17NO3. The summed E-state index contributed by atoms with van der Waals surface area (Å²) in [6, 6.07) is 5.90. The quantitative estimate of drug-likeness (QED) is 0.797. The molecule has 4 heteroatoms. The predicted molar refractivity (Wildman–Crippen MR) is 60.8 cm³/mol. The van der Waals surface area contributed by atoms with Gasteiger partial charge in [0.05, 0.1) is 6.10 Å². The summed E-state index contributed by atoms with van der Waals surface area (Å²) in [6.07, 6.45) is -0.322. The zero-order chi connectivity index (χ0) is 11.4. The summed E-state index contributed by atoms with van der Waals surface area (Å²) in [6.45, 7) is 4.30. The first-order chi connectivity index (χ1) is 7.75. The molecule has 1 heterocycles. The Hall–Kier alpha value is -1.26. The van der Waals surface area contributed by atoms with Crippen molar-refractivity contribution in [2.75, 3.05) is 19.8 Å². The Morgan fingerprint density at radius 2 is 2.06 bits per heavy atom. The molecule has 2 N–H and O–H groups in total. The van der Waals surface area contributed by atoms with Crippen LogP contribution in [-0.2, 0) is 6.54 Å². The van der Waals surface area contributed by atoms with Crippen molar-refractivity contribution < 1.29 is 14.6 Å². The van der Waals surface area contributed by atoms with Crippen LogP contribution in [0.3, 0.4) is 0 Å². The molecule has 0 unspecified atom stereocenters. The fraction of sp³-hybridized carbons (Fsp3) is 0.500. The van der Waals surface area contributed by atoms with E-state index in [1.807, 2.05) is 18.2 Å². The zero-order valence-corrected chi connectivity index (χ0v) is 9.40. The lowest BCUT2D eigenvalue weighted by Crippen LogP contribution is -2.24. The van der Waals surface area contributed by atoms with Crippen LogP contribution in [0.2, 0.25) is 0 Å². The monoisotopic (exact) mass is 223 g/mol. The summed E-state index contributed by atoms with van der Waals surface area (Å²) in [5.41, 5.74) is 1.13. The van der Waals surface area contributed by atoms with Crippen molar-refractivity contribution in [3.05, 3.63) is 23.8 Å². The number of hydrogen-bond donors (Lipinski definition) is 2. The SMILES string of the molecule is C[C@H](O)CNCc1ccc2c(c1)OCCO2. The van der Waals surface area contributed by atoms with Gasteiger partial charge in [0.1, 0.15) is 13.2 Å². The third-order valence-electron chi connectivity index (χ3n) is 2.38. The van der Waals surface area contributed by atoms with Gasteiger partial charge >= 0.3 is 0 Å². The van der Waals surface area contributed by atoms with Crippen LogP contribution in [0.15, 0.2) is 18.2 Å². The van der Waals surface area contributed by atoms with Crippen LogP contribution in [-0.4, -0.2) is 31.0 Å². The molecule has 0 aliphatic carbocycles. The largest absolute Gasteiger partial charge is 0.486 e. The lowest BCUT2D eigenvalue weighted by molar-refractivity contribution is 0.171. The van der Waals surface area contributed by atoms with Crippen molar-refractivity contribution in [1.82, 2.24) is 5.32 Å². The molecule has 88 valence electrons. The fourth-order valence-corrected chi connectivity index (χ4v) is 1.62. The standard InChI is InChI=1S/C12H17NO3/c1-9(14)7-13-8-10-2-3-11-12(6-10)16-5-4-15-11/h2-3,6,9,13-14H,4-5,7-8H2,1H3/t9-/m0/s1. The molecule has 0 radical (unpaired) electrons. The second-order valence-corrected chi connectivity index (χ2v) is 3.96. The summed E-state index contributed by atoms with van der Waals surface area (Å²) in [7, 11) is 0. The number of rotatable bonds is 4. The number of fused-ring (bicyclic) bond motifs is 1. The molecule has 1 atom stereocenters. The van der Waals surface area contributed by atoms with E-state index >= 15 is 0 Å². The molecule has 0 fully saturated rings. The van der Waals surface area contributed by atoms with Gasteiger partial charge < -0.3 is 19.9 Å². The van der Waals surface area contributed by atoms with Gasteiger partial charge in [0.15, 0.2) is 11.5 Å². The molecule has 2 rings (SSSR count). The van der Waals surface area contributed by atoms with Gasteiger partial charge in [-0.15, -0.1) is 0 Å². The van der Waals surface area contributed by atoms with E-state index in [-0.39, 0.29) is 6.10 Å². The number of ether oxygens (including phenoxy) is 2. The molecule has 0 amide bonds. The van der Waals surface area contributed by atoms with Crippen LogP contribution in [0.4, 0.5) is 0 Å². The maximum Gasteiger partial charge on any atom is 0.161 e. The molecule has 0 saturated heterocycles. The van der Waals surface area contributed by atoms with Gasteiger partial charge in [-0.2, -0.15) is 0 Å². The lowest BCUT2D eigenvalue weighted by atomic mass is 10.2. The molecule has 1 aliphatic heterocycles. The smallest absolute Gasteiger partial charge is 0.161 e. The van der Waals surface area contributed by atoms with Crippen LogP contribution >= 0.6 is 0 Å². The van der Waals surface area contributed by atoms with Crippen LogP contribution in [0.25, 0.3) is 0 Å². The minimum atomic E-state index is -0.322. The van der Waals surface area contributed by atoms with E-state index in [2.05, 4.69) is 5.32 Å². The van der Waals surface area contributed by atoms with E-state index in [1.165, 1.54) is 0 Å². The summed E-state index contributed by atoms with van der Waals surface area (Å²) in [5.74, 6) is 1.62. The Balaban J connectivity index is 1.95. The summed E-state index contributed by atoms with van der Waals surface area (Å²) >= 11 is 0. The highest BCUT2D eigenvalue weighted by atomic mass is 16.6. The van der Waals surface area contributed by atoms with Gasteiger partial charge in [0, 0.05) is 13.1 Å². The first kappa shape index (κ1) is 11.2. The van der Waals surface area contributed by atoms with Crippen molar-refractivity contribution in [2.45, 2.75) is 19.6 Å². The Morgan fingerprint density at radius 1 is 1.31 bits per heavy atom. The van der Waals surface area contributed by atoms with Crippen molar-refractivity contribution in [1.29, 1.82) is 0 Å². The number of nitrogens with one attached hydrogen (secondary N) is 1. The molecule has 0 spiro atoms. The summed E-state index contributed by atoms with van der Waals surface area (Å²) in [5, 5.41) is 12.3. The molecule has 1 aromatic rings. The first-order valence-corrected chi connectivity index (χ1v) is 5.53. The maximum atomic E-state index is 9.12. The highest BCUT2D eigenvalue weighted by Crippen LogP contribution is 2.30. The summed E-state index contributed by atoms with van der Waals surface area (Å²) in [4.78, 5) is 0. The molecule has 1 aliphatic rings. The van der Waals surface area contributed by atoms with Crippen molar-refractivity contribution in [3.8, 4) is 11.5 Å². The van der Waals surface area contributed by atoms with E-state index in [9.17, 15) is 0 Å². The van der Waals surface area contributed by atoms with Crippen molar-refractivity contribution in [3.63, 3.8) is 0 Å². The Bertz CT molecular complexity index is 352. The Labute approximate surface area is 95.2 Å². The van der Waals surface area contributed by atoms with Crippen molar-refractivity contribution in [2.24, 2.45) is 0 Å². The highest BCUT2D eigenvalue weighted by Gasteiger charge is 2.11. The van der Waals surface area contributed by atoms with Gasteiger partial charge in [-0.25, -0.2) is 0 Å². The van der Waals surface area contributed by atoms with Crippen molar-refractivity contribution >= 4 is 0 Å². The normalized spacial score (nSPS) is 15.9. The van der Waals surface area contributed by atoms with E-state index in [1.54, 1.807) is 6.92 Å². The number of hydrogen-bond acceptors (Lipinski definition) is 4. The second-order valence-electron chi connectivity index (χ2n) is 3.96. The van der Waals surface area contributed by atoms with Gasteiger partial charge in [-0.3, -0.25) is 0 Å². The Morgan fingerprint density at radius 3 is 2.81 bits per heavy atom. The molecule has 16 heavy (non-hydrogen) atoms. The van der Waals surface area contributed by atoms with E-state index in [0.717, 1.165) is 23.6 Å². The minimum Gasteiger partial charge on any atom is -0.486 e. The molecule has 0 bridgehead atoms. The molecular weight excluding hydrogens is 206 g/mol. The topological polar surface area (TPSA) is 50.7 Å². The van der Waals surface area contributed by atoms with Crippen LogP contribution < -0.4 is 14.8 Å². The summed E-state index contributed by atoms with van der Waals surface area (Å²) < 4.78 is 10.9. The highest BCUT2D eigenvalue weighted by molar-refractivity contribution is 5.43. The van der Waals surface area contributed by atoms with E-state index in [4.69, 9.17) is 14.6 Å². The van der Waals surface area contributed by atoms with E-state index < -0.39 is 0 Å². The minimum absolute atomic E-state index is 0.322. The van der Waals surface area contributed by atoms with Crippen LogP contribution in [0, 0.1) is 0 Å². The molecule has 1 aromatic carbocycles. The van der Waals surface area contributed by atoms with Gasteiger partial charge in [-0.05, 0) is 24.6 Å². The molecule has 4 nitrogen and oxygen atoms in total. The first-order valence-electron chi connectivity index (χ1n) is 5.53. The van der Waals surface area contributed by atoms with E-state index in [0.29, 0.717) is 19.8 Å². The van der Waals surface area contributed by atoms with Crippen LogP contribution in [0.1, 0.15) is 12.5 Å². The average molecular weight is 223 g/mol. The maximum absolute atomic E-state index is 9.12. The second kappa shape index (κ2) is 5.18. The van der Waals surface area contributed by atoms with Gasteiger partial charge in [0.2, 0.25) is 0 Å². The fourth-order valence-electron chi connectivity index (χ4n) is 1.62. The molecule has 0 saturated carbocycles. The van der Waals surface area contributed by atoms with Gasteiger partial charge in [0.25, 0.3) is 0 Å². The lowest BCUT2D eigenvalue weighted by Gasteiger charge is -2.19. The molecule has 0 aromatic heterocycles.